The van der Waals surface area contributed by atoms with E-state index in [4.69, 9.17) is 4.84 Å². The fraction of sp³-hybridized carbons (Fsp3) is 0.960. The van der Waals surface area contributed by atoms with Gasteiger partial charge in [-0.05, 0) is 91.8 Å². The van der Waals surface area contributed by atoms with Crippen LogP contribution in [0.5, 0.6) is 0 Å². The fourth-order valence-electron chi connectivity index (χ4n) is 8.18. The Morgan fingerprint density at radius 2 is 1.64 bits per heavy atom. The molecule has 4 aliphatic carbocycles. The molecular formula is C25H45NO2. The first-order valence-corrected chi connectivity index (χ1v) is 12.2. The average Bonchev–Trinajstić information content (AvgIpc) is 3.04. The number of carbonyl (C=O) groups excluding carboxylic acids is 1. The van der Waals surface area contributed by atoms with E-state index in [1.807, 2.05) is 13.8 Å². The van der Waals surface area contributed by atoms with Gasteiger partial charge in [-0.2, -0.15) is 0 Å². The number of hydroxylamine groups is 2. The molecule has 0 aromatic rings. The van der Waals surface area contributed by atoms with E-state index in [1.54, 1.807) is 14.2 Å². The van der Waals surface area contributed by atoms with Crippen LogP contribution < -0.4 is 0 Å². The molecule has 0 radical (unpaired) electrons. The molecule has 0 aliphatic heterocycles. The predicted molar refractivity (Wildman–Crippen MR) is 116 cm³/mol. The predicted octanol–water partition coefficient (Wildman–Crippen LogP) is 6.47. The zero-order valence-electron chi connectivity index (χ0n) is 19.4. The topological polar surface area (TPSA) is 29.5 Å². The lowest BCUT2D eigenvalue weighted by Gasteiger charge is -2.60. The summed E-state index contributed by atoms with van der Waals surface area (Å²) in [6.45, 7) is 9.18. The van der Waals surface area contributed by atoms with Crippen molar-refractivity contribution < 1.29 is 9.63 Å². The summed E-state index contributed by atoms with van der Waals surface area (Å²) in [6.07, 6.45) is 14.9. The van der Waals surface area contributed by atoms with Crippen molar-refractivity contribution in [2.45, 2.75) is 98.3 Å². The molecular weight excluding hydrogens is 346 g/mol. The lowest BCUT2D eigenvalue weighted by Crippen LogP contribution is -2.52. The van der Waals surface area contributed by atoms with Gasteiger partial charge >= 0.3 is 0 Å². The normalized spacial score (nSPS) is 44.4. The van der Waals surface area contributed by atoms with Crippen molar-refractivity contribution in [3.63, 3.8) is 0 Å². The van der Waals surface area contributed by atoms with Crippen molar-refractivity contribution in [2.24, 2.45) is 40.4 Å². The highest BCUT2D eigenvalue weighted by atomic mass is 16.7. The van der Waals surface area contributed by atoms with E-state index < -0.39 is 0 Å². The zero-order valence-corrected chi connectivity index (χ0v) is 19.4. The van der Waals surface area contributed by atoms with Gasteiger partial charge in [0.1, 0.15) is 0 Å². The molecule has 0 aromatic heterocycles. The van der Waals surface area contributed by atoms with Crippen molar-refractivity contribution in [3.05, 3.63) is 0 Å². The van der Waals surface area contributed by atoms with Gasteiger partial charge in [0, 0.05) is 13.5 Å². The second-order valence-electron chi connectivity index (χ2n) is 10.5. The number of amides is 1. The Morgan fingerprint density at radius 1 is 0.929 bits per heavy atom. The second-order valence-corrected chi connectivity index (χ2v) is 10.5. The highest BCUT2D eigenvalue weighted by Gasteiger charge is 2.59. The molecule has 4 saturated carbocycles. The van der Waals surface area contributed by atoms with Crippen LogP contribution in [-0.4, -0.2) is 25.1 Å². The van der Waals surface area contributed by atoms with Crippen LogP contribution in [-0.2, 0) is 9.63 Å². The molecule has 4 rings (SSSR count). The molecule has 7 unspecified atom stereocenters. The summed E-state index contributed by atoms with van der Waals surface area (Å²) in [5.74, 6) is 4.44. The lowest BCUT2D eigenvalue weighted by molar-refractivity contribution is -0.171. The van der Waals surface area contributed by atoms with Gasteiger partial charge in [0.2, 0.25) is 5.91 Å². The fourth-order valence-corrected chi connectivity index (χ4v) is 8.18. The zero-order chi connectivity index (χ0) is 20.5. The van der Waals surface area contributed by atoms with E-state index in [2.05, 4.69) is 13.8 Å². The Morgan fingerprint density at radius 3 is 2.36 bits per heavy atom. The van der Waals surface area contributed by atoms with Gasteiger partial charge in [0.05, 0.1) is 7.11 Å². The molecule has 3 heteroatoms. The molecule has 3 nitrogen and oxygen atoms in total. The second kappa shape index (κ2) is 8.66. The maximum absolute atomic E-state index is 12.5. The summed E-state index contributed by atoms with van der Waals surface area (Å²) in [7, 11) is 3.34. The van der Waals surface area contributed by atoms with E-state index in [0.717, 1.165) is 23.7 Å². The largest absolute Gasteiger partial charge is 0.275 e. The summed E-state index contributed by atoms with van der Waals surface area (Å²) in [6, 6.07) is 0. The summed E-state index contributed by atoms with van der Waals surface area (Å²) < 4.78 is 0. The summed E-state index contributed by atoms with van der Waals surface area (Å²) in [4.78, 5) is 17.6. The Hall–Kier alpha value is -0.570. The molecule has 162 valence electrons. The van der Waals surface area contributed by atoms with Crippen LogP contribution in [0.1, 0.15) is 98.3 Å². The number of carbonyl (C=O) groups is 1. The summed E-state index contributed by atoms with van der Waals surface area (Å²) >= 11 is 0. The molecule has 4 aliphatic rings. The number of hydrogen-bond donors (Lipinski definition) is 0. The number of fused-ring (bicyclic) bond motifs is 5. The number of nitrogens with zero attached hydrogens (tertiary/aromatic N) is 1. The molecule has 0 spiro atoms. The minimum Gasteiger partial charge on any atom is -0.275 e. The van der Waals surface area contributed by atoms with Crippen molar-refractivity contribution in [2.75, 3.05) is 14.2 Å². The SMILES string of the molecule is CC.CON(C)C(=O)CC1CCC2C3CCC4CCCCC4(C)C3CCC12C. The molecule has 7 atom stereocenters. The third-order valence-electron chi connectivity index (χ3n) is 9.83. The van der Waals surface area contributed by atoms with Crippen LogP contribution in [0.15, 0.2) is 0 Å². The Labute approximate surface area is 173 Å². The van der Waals surface area contributed by atoms with E-state index in [0.29, 0.717) is 23.2 Å². The smallest absolute Gasteiger partial charge is 0.246 e. The minimum atomic E-state index is 0.157. The van der Waals surface area contributed by atoms with Crippen molar-refractivity contribution in [1.29, 1.82) is 0 Å². The number of rotatable bonds is 3. The minimum absolute atomic E-state index is 0.157. The van der Waals surface area contributed by atoms with Crippen LogP contribution >= 0.6 is 0 Å². The number of hydrogen-bond acceptors (Lipinski definition) is 2. The van der Waals surface area contributed by atoms with Crippen LogP contribution in [0.25, 0.3) is 0 Å². The third-order valence-corrected chi connectivity index (χ3v) is 9.83. The summed E-state index contributed by atoms with van der Waals surface area (Å²) in [5, 5.41) is 1.43. The van der Waals surface area contributed by atoms with Gasteiger partial charge in [0.15, 0.2) is 0 Å². The van der Waals surface area contributed by atoms with E-state index in [9.17, 15) is 4.79 Å². The first-order valence-electron chi connectivity index (χ1n) is 12.2. The van der Waals surface area contributed by atoms with Gasteiger partial charge in [-0.3, -0.25) is 9.63 Å². The van der Waals surface area contributed by atoms with Crippen molar-refractivity contribution in [3.8, 4) is 0 Å². The van der Waals surface area contributed by atoms with Gasteiger partial charge < -0.3 is 0 Å². The monoisotopic (exact) mass is 391 g/mol. The molecule has 0 bridgehead atoms. The Bertz CT molecular complexity index is 549. The van der Waals surface area contributed by atoms with Crippen molar-refractivity contribution >= 4 is 5.91 Å². The van der Waals surface area contributed by atoms with E-state index in [1.165, 1.54) is 69.3 Å². The Balaban J connectivity index is 0.00000109. The maximum Gasteiger partial charge on any atom is 0.246 e. The lowest BCUT2D eigenvalue weighted by atomic mass is 9.45. The first-order chi connectivity index (χ1) is 13.4. The van der Waals surface area contributed by atoms with Crippen molar-refractivity contribution in [1.82, 2.24) is 5.06 Å². The highest BCUT2D eigenvalue weighted by molar-refractivity contribution is 5.75. The van der Waals surface area contributed by atoms with Crippen LogP contribution in [0.4, 0.5) is 0 Å². The van der Waals surface area contributed by atoms with E-state index in [-0.39, 0.29) is 5.91 Å². The van der Waals surface area contributed by atoms with Gasteiger partial charge in [-0.1, -0.05) is 40.5 Å². The molecule has 28 heavy (non-hydrogen) atoms. The molecule has 0 saturated heterocycles. The van der Waals surface area contributed by atoms with Gasteiger partial charge in [-0.15, -0.1) is 0 Å². The molecule has 0 aromatic carbocycles. The molecule has 1 amide bonds. The van der Waals surface area contributed by atoms with Gasteiger partial charge in [-0.25, -0.2) is 5.06 Å². The van der Waals surface area contributed by atoms with Gasteiger partial charge in [0.25, 0.3) is 0 Å². The first kappa shape index (κ1) is 22.1. The van der Waals surface area contributed by atoms with E-state index >= 15 is 0 Å². The molecule has 0 heterocycles. The molecule has 4 fully saturated rings. The third kappa shape index (κ3) is 3.55. The van der Waals surface area contributed by atoms with Crippen LogP contribution in [0.2, 0.25) is 0 Å². The Kier molecular flexibility index (Phi) is 6.84. The quantitative estimate of drug-likeness (QED) is 0.516. The standard InChI is InChI=1S/C23H39NO2.C2H6/c1-22-13-6-5-7-16(22)8-10-18-19-11-9-17(15-21(25)24(3)26-4)23(19,2)14-12-20(18)22;1-2/h16-20H,5-15H2,1-4H3;1-2H3. The highest BCUT2D eigenvalue weighted by Crippen LogP contribution is 2.67. The average molecular weight is 392 g/mol. The summed E-state index contributed by atoms with van der Waals surface area (Å²) in [5.41, 5.74) is 0.996. The maximum atomic E-state index is 12.5. The van der Waals surface area contributed by atoms with Crippen LogP contribution in [0.3, 0.4) is 0 Å². The molecule has 0 N–H and O–H groups in total. The van der Waals surface area contributed by atoms with Crippen LogP contribution in [0, 0.1) is 40.4 Å².